The average molecular weight is 350 g/mol. The number of aliphatic hydroxyl groups is 1. The first-order valence-corrected chi connectivity index (χ1v) is 11.1. The van der Waals surface area contributed by atoms with Crippen molar-refractivity contribution >= 4 is 0 Å². The molecule has 1 N–H and O–H groups in total. The highest BCUT2D eigenvalue weighted by atomic mass is 16.5. The number of nitrogens with zero attached hydrogens (tertiary/aromatic N) is 1. The van der Waals surface area contributed by atoms with Crippen LogP contribution in [0.4, 0.5) is 0 Å². The largest absolute Gasteiger partial charge is 0.389 e. The van der Waals surface area contributed by atoms with E-state index >= 15 is 0 Å². The minimum Gasteiger partial charge on any atom is -0.389 e. The van der Waals surface area contributed by atoms with Gasteiger partial charge in [0.25, 0.3) is 0 Å². The average Bonchev–Trinajstić information content (AvgIpc) is 2.58. The standard InChI is InChI=1S/C22H39NO2/c1-23(20-5-3-2-4-6-20)15-21(24)16-25-8-7-22-12-17-9-18(13-22)11-19(10-17)14-22/h17-21,24H,2-16H2,1H3/t17?,18?,19?,21-,22?/m1/s1. The van der Waals surface area contributed by atoms with Crippen molar-refractivity contribution in [1.82, 2.24) is 4.90 Å². The molecule has 0 amide bonds. The Hall–Kier alpha value is -0.120. The summed E-state index contributed by atoms with van der Waals surface area (Å²) in [4.78, 5) is 2.37. The molecule has 25 heavy (non-hydrogen) atoms. The van der Waals surface area contributed by atoms with Crippen molar-refractivity contribution in [2.45, 2.75) is 89.2 Å². The molecule has 0 aromatic heterocycles. The SMILES string of the molecule is CN(C[C@@H](O)COCCC12CC3CC(CC(C3)C1)C2)C1CCCCC1. The van der Waals surface area contributed by atoms with Crippen LogP contribution in [0.5, 0.6) is 0 Å². The van der Waals surface area contributed by atoms with Gasteiger partial charge in [0.05, 0.1) is 12.7 Å². The van der Waals surface area contributed by atoms with Gasteiger partial charge in [-0.1, -0.05) is 19.3 Å². The summed E-state index contributed by atoms with van der Waals surface area (Å²) in [6.45, 7) is 2.14. The summed E-state index contributed by atoms with van der Waals surface area (Å²) in [6.07, 6.45) is 16.6. The molecule has 5 rings (SSSR count). The molecule has 0 radical (unpaired) electrons. The third-order valence-electron chi connectivity index (χ3n) is 7.95. The normalized spacial score (nSPS) is 39.2. The van der Waals surface area contributed by atoms with E-state index in [0.29, 0.717) is 18.1 Å². The third-order valence-corrected chi connectivity index (χ3v) is 7.95. The second kappa shape index (κ2) is 7.86. The van der Waals surface area contributed by atoms with Crippen molar-refractivity contribution in [3.63, 3.8) is 0 Å². The molecule has 5 saturated carbocycles. The summed E-state index contributed by atoms with van der Waals surface area (Å²) in [5.41, 5.74) is 0.610. The number of hydrogen-bond acceptors (Lipinski definition) is 3. The summed E-state index contributed by atoms with van der Waals surface area (Å²) < 4.78 is 5.95. The first-order chi connectivity index (χ1) is 12.1. The van der Waals surface area contributed by atoms with E-state index in [1.807, 2.05) is 0 Å². The Kier molecular flexibility index (Phi) is 5.74. The monoisotopic (exact) mass is 349 g/mol. The van der Waals surface area contributed by atoms with Gasteiger partial charge in [0, 0.05) is 19.2 Å². The maximum atomic E-state index is 10.3. The lowest BCUT2D eigenvalue weighted by molar-refractivity contribution is -0.0743. The molecule has 3 nitrogen and oxygen atoms in total. The van der Waals surface area contributed by atoms with E-state index in [4.69, 9.17) is 4.74 Å². The summed E-state index contributed by atoms with van der Waals surface area (Å²) in [5.74, 6) is 3.09. The van der Waals surface area contributed by atoms with Crippen LogP contribution in [-0.4, -0.2) is 49.0 Å². The van der Waals surface area contributed by atoms with Gasteiger partial charge in [-0.05, 0) is 88.0 Å². The zero-order chi connectivity index (χ0) is 17.3. The highest BCUT2D eigenvalue weighted by Gasteiger charge is 2.50. The number of hydrogen-bond donors (Lipinski definition) is 1. The van der Waals surface area contributed by atoms with Crippen molar-refractivity contribution in [2.24, 2.45) is 23.2 Å². The van der Waals surface area contributed by atoms with Gasteiger partial charge in [0.2, 0.25) is 0 Å². The lowest BCUT2D eigenvalue weighted by atomic mass is 9.49. The van der Waals surface area contributed by atoms with E-state index in [1.54, 1.807) is 0 Å². The van der Waals surface area contributed by atoms with Crippen LogP contribution in [0, 0.1) is 23.2 Å². The van der Waals surface area contributed by atoms with Gasteiger partial charge in [-0.25, -0.2) is 0 Å². The smallest absolute Gasteiger partial charge is 0.0900 e. The van der Waals surface area contributed by atoms with Crippen LogP contribution in [0.25, 0.3) is 0 Å². The van der Waals surface area contributed by atoms with E-state index in [1.165, 1.54) is 77.0 Å². The van der Waals surface area contributed by atoms with E-state index in [2.05, 4.69) is 11.9 Å². The first kappa shape index (κ1) is 18.3. The molecular weight excluding hydrogens is 310 g/mol. The molecule has 0 aromatic carbocycles. The predicted octanol–water partition coefficient (Wildman–Crippen LogP) is 4.23. The summed E-state index contributed by atoms with van der Waals surface area (Å²) in [6, 6.07) is 0.676. The summed E-state index contributed by atoms with van der Waals surface area (Å²) >= 11 is 0. The Bertz CT molecular complexity index is 396. The maximum Gasteiger partial charge on any atom is 0.0900 e. The second-order valence-electron chi connectivity index (χ2n) is 10.1. The molecule has 4 bridgehead atoms. The second-order valence-corrected chi connectivity index (χ2v) is 10.1. The number of likely N-dealkylation sites (N-methyl/N-ethyl adjacent to an activating group) is 1. The minimum absolute atomic E-state index is 0.330. The number of aliphatic hydroxyl groups excluding tert-OH is 1. The Morgan fingerprint density at radius 2 is 1.60 bits per heavy atom. The van der Waals surface area contributed by atoms with Crippen molar-refractivity contribution in [2.75, 3.05) is 26.8 Å². The zero-order valence-electron chi connectivity index (χ0n) is 16.3. The van der Waals surface area contributed by atoms with Crippen LogP contribution < -0.4 is 0 Å². The molecule has 144 valence electrons. The molecule has 0 aromatic rings. The highest BCUT2D eigenvalue weighted by Crippen LogP contribution is 2.61. The molecule has 5 aliphatic rings. The Morgan fingerprint density at radius 1 is 1.00 bits per heavy atom. The topological polar surface area (TPSA) is 32.7 Å². The minimum atomic E-state index is -0.330. The van der Waals surface area contributed by atoms with Gasteiger partial charge < -0.3 is 14.7 Å². The van der Waals surface area contributed by atoms with E-state index < -0.39 is 0 Å². The zero-order valence-corrected chi connectivity index (χ0v) is 16.3. The van der Waals surface area contributed by atoms with Crippen molar-refractivity contribution in [1.29, 1.82) is 0 Å². The van der Waals surface area contributed by atoms with Gasteiger partial charge in [-0.3, -0.25) is 0 Å². The molecular formula is C22H39NO2. The number of ether oxygens (including phenoxy) is 1. The summed E-state index contributed by atoms with van der Waals surface area (Å²) in [7, 11) is 2.18. The number of rotatable bonds is 8. The fourth-order valence-electron chi connectivity index (χ4n) is 7.16. The molecule has 0 aliphatic heterocycles. The van der Waals surface area contributed by atoms with Gasteiger partial charge in [0.1, 0.15) is 0 Å². The summed E-state index contributed by atoms with van der Waals surface area (Å²) in [5, 5.41) is 10.3. The van der Waals surface area contributed by atoms with E-state index in [-0.39, 0.29) is 6.10 Å². The maximum absolute atomic E-state index is 10.3. The fraction of sp³-hybridized carbons (Fsp3) is 1.00. The first-order valence-electron chi connectivity index (χ1n) is 11.1. The molecule has 0 saturated heterocycles. The van der Waals surface area contributed by atoms with E-state index in [9.17, 15) is 5.11 Å². The van der Waals surface area contributed by atoms with Gasteiger partial charge in [-0.15, -0.1) is 0 Å². The fourth-order valence-corrected chi connectivity index (χ4v) is 7.16. The molecule has 3 heteroatoms. The van der Waals surface area contributed by atoms with Crippen LogP contribution in [0.1, 0.15) is 77.0 Å². The molecule has 5 fully saturated rings. The van der Waals surface area contributed by atoms with Gasteiger partial charge >= 0.3 is 0 Å². The van der Waals surface area contributed by atoms with Crippen LogP contribution in [0.3, 0.4) is 0 Å². The molecule has 0 heterocycles. The lowest BCUT2D eigenvalue weighted by Gasteiger charge is -2.57. The molecule has 5 aliphatic carbocycles. The van der Waals surface area contributed by atoms with Crippen LogP contribution in [0.15, 0.2) is 0 Å². The van der Waals surface area contributed by atoms with Crippen molar-refractivity contribution in [3.8, 4) is 0 Å². The van der Waals surface area contributed by atoms with Crippen molar-refractivity contribution < 1.29 is 9.84 Å². The Labute approximate surface area is 154 Å². The third kappa shape index (κ3) is 4.42. The van der Waals surface area contributed by atoms with Gasteiger partial charge in [-0.2, -0.15) is 0 Å². The van der Waals surface area contributed by atoms with E-state index in [0.717, 1.165) is 30.9 Å². The molecule has 0 unspecified atom stereocenters. The quantitative estimate of drug-likeness (QED) is 0.666. The predicted molar refractivity (Wildman–Crippen MR) is 102 cm³/mol. The van der Waals surface area contributed by atoms with Crippen LogP contribution >= 0.6 is 0 Å². The Morgan fingerprint density at radius 3 is 2.20 bits per heavy atom. The molecule has 1 atom stereocenters. The molecule has 0 spiro atoms. The van der Waals surface area contributed by atoms with Gasteiger partial charge in [0.15, 0.2) is 0 Å². The lowest BCUT2D eigenvalue weighted by Crippen LogP contribution is -2.46. The Balaban J connectivity index is 1.15. The van der Waals surface area contributed by atoms with Crippen molar-refractivity contribution in [3.05, 3.63) is 0 Å². The van der Waals surface area contributed by atoms with Crippen LogP contribution in [0.2, 0.25) is 0 Å². The van der Waals surface area contributed by atoms with Crippen LogP contribution in [-0.2, 0) is 4.74 Å². The highest BCUT2D eigenvalue weighted by molar-refractivity contribution is 5.01.